The van der Waals surface area contributed by atoms with Gasteiger partial charge in [0, 0.05) is 17.7 Å². The van der Waals surface area contributed by atoms with Crippen LogP contribution in [0.1, 0.15) is 36.4 Å². The maximum Gasteiger partial charge on any atom is 0.141 e. The fourth-order valence-electron chi connectivity index (χ4n) is 2.06. The molecule has 2 nitrogen and oxygen atoms in total. The lowest BCUT2D eigenvalue weighted by molar-refractivity contribution is -0.122. The summed E-state index contributed by atoms with van der Waals surface area (Å²) >= 11 is 1.63. The number of carbonyl (C=O) groups is 1. The van der Waals surface area contributed by atoms with E-state index in [9.17, 15) is 4.79 Å². The van der Waals surface area contributed by atoms with Gasteiger partial charge in [-0.05, 0) is 19.8 Å². The molecule has 0 unspecified atom stereocenters. The Morgan fingerprint density at radius 1 is 1.57 bits per heavy atom. The van der Waals surface area contributed by atoms with Crippen molar-refractivity contribution < 1.29 is 4.79 Å². The number of thiazole rings is 1. The Balaban J connectivity index is 1.93. The maximum absolute atomic E-state index is 11.8. The lowest BCUT2D eigenvalue weighted by atomic mass is 9.99. The van der Waals surface area contributed by atoms with Gasteiger partial charge in [0.05, 0.1) is 10.7 Å². The molecule has 14 heavy (non-hydrogen) atoms. The lowest BCUT2D eigenvalue weighted by Crippen LogP contribution is -2.13. The van der Waals surface area contributed by atoms with Crippen LogP contribution in [0, 0.1) is 12.8 Å². The highest BCUT2D eigenvalue weighted by Gasteiger charge is 2.22. The maximum atomic E-state index is 11.8. The number of hydrogen-bond acceptors (Lipinski definition) is 3. The largest absolute Gasteiger partial charge is 0.299 e. The number of aryl methyl sites for hydroxylation is 1. The van der Waals surface area contributed by atoms with Gasteiger partial charge < -0.3 is 0 Å². The summed E-state index contributed by atoms with van der Waals surface area (Å²) in [5.74, 6) is 0.727. The van der Waals surface area contributed by atoms with Crippen LogP contribution in [0.2, 0.25) is 0 Å². The van der Waals surface area contributed by atoms with Crippen molar-refractivity contribution in [2.75, 3.05) is 0 Å². The topological polar surface area (TPSA) is 30.0 Å². The SMILES string of the molecule is Cc1nc(CC(=O)C2CCCC2)cs1. The highest BCUT2D eigenvalue weighted by Crippen LogP contribution is 2.26. The van der Waals surface area contributed by atoms with Crippen LogP contribution in [0.5, 0.6) is 0 Å². The molecule has 3 heteroatoms. The van der Waals surface area contributed by atoms with Gasteiger partial charge in [0.15, 0.2) is 0 Å². The molecule has 0 radical (unpaired) electrons. The van der Waals surface area contributed by atoms with Gasteiger partial charge in [0.2, 0.25) is 0 Å². The van der Waals surface area contributed by atoms with E-state index in [-0.39, 0.29) is 0 Å². The van der Waals surface area contributed by atoms with Gasteiger partial charge in [-0.25, -0.2) is 4.98 Å². The second kappa shape index (κ2) is 4.22. The second-order valence-electron chi connectivity index (χ2n) is 3.98. The van der Waals surface area contributed by atoms with Gasteiger partial charge in [-0.3, -0.25) is 4.79 Å². The molecule has 0 aliphatic heterocycles. The fourth-order valence-corrected chi connectivity index (χ4v) is 2.67. The van der Waals surface area contributed by atoms with Gasteiger partial charge in [-0.1, -0.05) is 12.8 Å². The third-order valence-electron chi connectivity index (χ3n) is 2.83. The smallest absolute Gasteiger partial charge is 0.141 e. The van der Waals surface area contributed by atoms with Gasteiger partial charge >= 0.3 is 0 Å². The van der Waals surface area contributed by atoms with E-state index in [0.29, 0.717) is 18.1 Å². The predicted octanol–water partition coefficient (Wildman–Crippen LogP) is 2.75. The highest BCUT2D eigenvalue weighted by atomic mass is 32.1. The zero-order chi connectivity index (χ0) is 9.97. The molecule has 1 heterocycles. The summed E-state index contributed by atoms with van der Waals surface area (Å²) in [5.41, 5.74) is 0.962. The van der Waals surface area contributed by atoms with Crippen molar-refractivity contribution in [2.24, 2.45) is 5.92 Å². The van der Waals surface area contributed by atoms with Gasteiger partial charge in [-0.15, -0.1) is 11.3 Å². The van der Waals surface area contributed by atoms with Gasteiger partial charge in [-0.2, -0.15) is 0 Å². The molecule has 0 amide bonds. The summed E-state index contributed by atoms with van der Waals surface area (Å²) < 4.78 is 0. The molecule has 2 rings (SSSR count). The van der Waals surface area contributed by atoms with Crippen LogP contribution < -0.4 is 0 Å². The zero-order valence-corrected chi connectivity index (χ0v) is 9.27. The quantitative estimate of drug-likeness (QED) is 0.766. The lowest BCUT2D eigenvalue weighted by Gasteiger charge is -2.05. The Kier molecular flexibility index (Phi) is 2.96. The molecule has 1 aromatic heterocycles. The van der Waals surface area contributed by atoms with Crippen molar-refractivity contribution >= 4 is 17.1 Å². The number of Topliss-reactive ketones (excluding diaryl/α,β-unsaturated/α-hetero) is 1. The molecule has 0 aromatic carbocycles. The van der Waals surface area contributed by atoms with E-state index < -0.39 is 0 Å². The summed E-state index contributed by atoms with van der Waals surface area (Å²) in [6, 6.07) is 0. The third kappa shape index (κ3) is 2.21. The molecule has 0 N–H and O–H groups in total. The standard InChI is InChI=1S/C11H15NOS/c1-8-12-10(7-14-8)6-11(13)9-4-2-3-5-9/h7,9H,2-6H2,1H3. The van der Waals surface area contributed by atoms with Crippen molar-refractivity contribution in [1.82, 2.24) is 4.98 Å². The van der Waals surface area contributed by atoms with Crippen LogP contribution in [0.4, 0.5) is 0 Å². The summed E-state index contributed by atoms with van der Waals surface area (Å²) in [4.78, 5) is 16.1. The van der Waals surface area contributed by atoms with E-state index in [1.807, 2.05) is 12.3 Å². The van der Waals surface area contributed by atoms with E-state index in [1.165, 1.54) is 12.8 Å². The summed E-state index contributed by atoms with van der Waals surface area (Å²) in [7, 11) is 0. The fraction of sp³-hybridized carbons (Fsp3) is 0.636. The molecule has 0 spiro atoms. The number of ketones is 1. The average Bonchev–Trinajstić information content (AvgIpc) is 2.75. The molecule has 76 valence electrons. The van der Waals surface area contributed by atoms with Crippen LogP contribution in [0.15, 0.2) is 5.38 Å². The molecule has 0 saturated heterocycles. The van der Waals surface area contributed by atoms with Crippen molar-refractivity contribution in [3.63, 3.8) is 0 Å². The number of carbonyl (C=O) groups excluding carboxylic acids is 1. The molecule has 0 bridgehead atoms. The molecule has 1 aromatic rings. The van der Waals surface area contributed by atoms with E-state index in [2.05, 4.69) is 4.98 Å². The molecule has 0 atom stereocenters. The molecule has 1 aliphatic carbocycles. The van der Waals surface area contributed by atoms with E-state index in [0.717, 1.165) is 23.5 Å². The van der Waals surface area contributed by atoms with Gasteiger partial charge in [0.25, 0.3) is 0 Å². The number of aromatic nitrogens is 1. The summed E-state index contributed by atoms with van der Waals surface area (Å²) in [6.45, 7) is 1.98. The van der Waals surface area contributed by atoms with Crippen LogP contribution in [-0.2, 0) is 11.2 Å². The Hall–Kier alpha value is -0.700. The Labute approximate surface area is 88.4 Å². The van der Waals surface area contributed by atoms with Crippen molar-refractivity contribution in [2.45, 2.75) is 39.0 Å². The number of rotatable bonds is 3. The van der Waals surface area contributed by atoms with Gasteiger partial charge in [0.1, 0.15) is 5.78 Å². The van der Waals surface area contributed by atoms with Crippen molar-refractivity contribution in [3.05, 3.63) is 16.1 Å². The van der Waals surface area contributed by atoms with Crippen LogP contribution in [-0.4, -0.2) is 10.8 Å². The Morgan fingerprint density at radius 3 is 2.86 bits per heavy atom. The van der Waals surface area contributed by atoms with E-state index in [1.54, 1.807) is 11.3 Å². The van der Waals surface area contributed by atoms with Crippen molar-refractivity contribution in [1.29, 1.82) is 0 Å². The van der Waals surface area contributed by atoms with Crippen molar-refractivity contribution in [3.8, 4) is 0 Å². The molecule has 1 fully saturated rings. The average molecular weight is 209 g/mol. The monoisotopic (exact) mass is 209 g/mol. The highest BCUT2D eigenvalue weighted by molar-refractivity contribution is 7.09. The van der Waals surface area contributed by atoms with E-state index in [4.69, 9.17) is 0 Å². The number of hydrogen-bond donors (Lipinski definition) is 0. The first-order chi connectivity index (χ1) is 6.75. The first-order valence-electron chi connectivity index (χ1n) is 5.19. The van der Waals surface area contributed by atoms with E-state index >= 15 is 0 Å². The first kappa shape index (κ1) is 9.84. The second-order valence-corrected chi connectivity index (χ2v) is 5.04. The Bertz CT molecular complexity index is 326. The molecule has 1 saturated carbocycles. The third-order valence-corrected chi connectivity index (χ3v) is 3.65. The minimum absolute atomic E-state index is 0.331. The normalized spacial score (nSPS) is 17.5. The first-order valence-corrected chi connectivity index (χ1v) is 6.07. The van der Waals surface area contributed by atoms with Crippen LogP contribution >= 0.6 is 11.3 Å². The summed E-state index contributed by atoms with van der Waals surface area (Å²) in [6.07, 6.45) is 5.21. The predicted molar refractivity (Wildman–Crippen MR) is 57.5 cm³/mol. The minimum atomic E-state index is 0.331. The molecular weight excluding hydrogens is 194 g/mol. The summed E-state index contributed by atoms with van der Waals surface area (Å²) in [5, 5.41) is 3.06. The van der Waals surface area contributed by atoms with Crippen LogP contribution in [0.3, 0.4) is 0 Å². The minimum Gasteiger partial charge on any atom is -0.299 e. The molecular formula is C11H15NOS. The molecule has 1 aliphatic rings. The van der Waals surface area contributed by atoms with Crippen LogP contribution in [0.25, 0.3) is 0 Å². The zero-order valence-electron chi connectivity index (χ0n) is 8.45. The number of nitrogens with zero attached hydrogens (tertiary/aromatic N) is 1. The Morgan fingerprint density at radius 2 is 2.29 bits per heavy atom.